The number of amides is 1. The first-order valence-electron chi connectivity index (χ1n) is 7.71. The Balaban J connectivity index is 1.42. The Hall–Kier alpha value is -2.44. The minimum atomic E-state index is -0.117. The Labute approximate surface area is 153 Å². The molecular formula is C17H13Cl2N5O. The van der Waals surface area contributed by atoms with Gasteiger partial charge in [0.25, 0.3) is 0 Å². The Kier molecular flexibility index (Phi) is 4.15. The molecule has 0 spiro atoms. The second kappa shape index (κ2) is 6.46. The molecule has 0 aliphatic heterocycles. The molecule has 2 atom stereocenters. The number of rotatable bonds is 4. The minimum Gasteiger partial charge on any atom is -0.293 e. The largest absolute Gasteiger partial charge is 0.293 e. The number of anilines is 1. The topological polar surface area (TPSA) is 83.6 Å². The van der Waals surface area contributed by atoms with Gasteiger partial charge in [0.1, 0.15) is 5.69 Å². The van der Waals surface area contributed by atoms with Crippen LogP contribution in [-0.4, -0.2) is 26.1 Å². The summed E-state index contributed by atoms with van der Waals surface area (Å²) >= 11 is 12.0. The number of nitrogens with one attached hydrogen (secondary N) is 2. The third-order valence-electron chi connectivity index (χ3n) is 4.13. The molecule has 2 N–H and O–H groups in total. The van der Waals surface area contributed by atoms with E-state index in [1.54, 1.807) is 12.3 Å². The van der Waals surface area contributed by atoms with Crippen molar-refractivity contribution < 1.29 is 4.79 Å². The van der Waals surface area contributed by atoms with Crippen LogP contribution in [0.4, 0.5) is 5.95 Å². The summed E-state index contributed by atoms with van der Waals surface area (Å²) in [4.78, 5) is 20.8. The molecule has 1 aliphatic rings. The molecule has 4 rings (SSSR count). The fourth-order valence-corrected chi connectivity index (χ4v) is 3.04. The Morgan fingerprint density at radius 3 is 2.84 bits per heavy atom. The van der Waals surface area contributed by atoms with Crippen LogP contribution in [0.25, 0.3) is 11.5 Å². The molecule has 0 saturated heterocycles. The van der Waals surface area contributed by atoms with Gasteiger partial charge >= 0.3 is 0 Å². The van der Waals surface area contributed by atoms with E-state index < -0.39 is 0 Å². The van der Waals surface area contributed by atoms with Crippen LogP contribution in [-0.2, 0) is 4.79 Å². The number of benzene rings is 1. The Morgan fingerprint density at radius 1 is 1.20 bits per heavy atom. The highest BCUT2D eigenvalue weighted by Crippen LogP contribution is 2.48. The van der Waals surface area contributed by atoms with E-state index in [1.807, 2.05) is 30.3 Å². The van der Waals surface area contributed by atoms with Gasteiger partial charge in [-0.2, -0.15) is 4.98 Å². The Bertz CT molecular complexity index is 928. The molecule has 0 radical (unpaired) electrons. The molecule has 126 valence electrons. The molecule has 6 nitrogen and oxygen atoms in total. The number of aromatic nitrogens is 4. The normalized spacial score (nSPS) is 18.8. The summed E-state index contributed by atoms with van der Waals surface area (Å²) in [7, 11) is 0. The number of H-pyrrole nitrogens is 1. The van der Waals surface area contributed by atoms with E-state index in [9.17, 15) is 4.79 Å². The van der Waals surface area contributed by atoms with E-state index in [2.05, 4.69) is 25.5 Å². The van der Waals surface area contributed by atoms with Crippen molar-refractivity contribution in [3.8, 4) is 11.5 Å². The molecule has 25 heavy (non-hydrogen) atoms. The minimum absolute atomic E-state index is 0.109. The number of hydrogen-bond acceptors (Lipinski definition) is 4. The fourth-order valence-electron chi connectivity index (χ4n) is 2.73. The highest BCUT2D eigenvalue weighted by Gasteiger charge is 2.44. The zero-order chi connectivity index (χ0) is 17.4. The molecule has 1 fully saturated rings. The van der Waals surface area contributed by atoms with Crippen LogP contribution >= 0.6 is 23.2 Å². The number of aromatic amines is 1. The number of carbonyl (C=O) groups is 1. The molecule has 1 aliphatic carbocycles. The third-order valence-corrected chi connectivity index (χ3v) is 4.87. The lowest BCUT2D eigenvalue weighted by Crippen LogP contribution is -2.15. The van der Waals surface area contributed by atoms with Crippen molar-refractivity contribution in [2.45, 2.75) is 12.3 Å². The molecular weight excluding hydrogens is 361 g/mol. The van der Waals surface area contributed by atoms with Crippen LogP contribution in [0.2, 0.25) is 10.0 Å². The second-order valence-corrected chi connectivity index (χ2v) is 6.65. The van der Waals surface area contributed by atoms with Crippen LogP contribution in [0.1, 0.15) is 17.9 Å². The standard InChI is InChI=1S/C17H13Cl2N5O/c18-12-5-4-9(7-13(12)19)10-8-11(10)16(25)22-17-21-15(23-24-17)14-3-1-2-6-20-14/h1-7,10-11H,8H2,(H2,21,22,23,24,25)/t10-,11-/m0/s1. The van der Waals surface area contributed by atoms with Gasteiger partial charge < -0.3 is 0 Å². The van der Waals surface area contributed by atoms with Crippen LogP contribution in [0.15, 0.2) is 42.6 Å². The maximum absolute atomic E-state index is 12.4. The summed E-state index contributed by atoms with van der Waals surface area (Å²) in [6.07, 6.45) is 2.43. The van der Waals surface area contributed by atoms with Crippen molar-refractivity contribution in [1.29, 1.82) is 0 Å². The van der Waals surface area contributed by atoms with E-state index in [4.69, 9.17) is 23.2 Å². The molecule has 8 heteroatoms. The van der Waals surface area contributed by atoms with Gasteiger partial charge in [0.15, 0.2) is 5.82 Å². The average molecular weight is 374 g/mol. The van der Waals surface area contributed by atoms with Crippen LogP contribution < -0.4 is 5.32 Å². The van der Waals surface area contributed by atoms with Gasteiger partial charge in [0.2, 0.25) is 11.9 Å². The number of hydrogen-bond donors (Lipinski definition) is 2. The first-order valence-corrected chi connectivity index (χ1v) is 8.47. The fraction of sp³-hybridized carbons (Fsp3) is 0.176. The van der Waals surface area contributed by atoms with E-state index in [-0.39, 0.29) is 23.7 Å². The van der Waals surface area contributed by atoms with Crippen molar-refractivity contribution in [3.63, 3.8) is 0 Å². The van der Waals surface area contributed by atoms with E-state index in [0.29, 0.717) is 21.6 Å². The number of halogens is 2. The molecule has 1 amide bonds. The molecule has 3 aromatic rings. The maximum atomic E-state index is 12.4. The highest BCUT2D eigenvalue weighted by molar-refractivity contribution is 6.42. The van der Waals surface area contributed by atoms with Gasteiger partial charge in [0.05, 0.1) is 10.0 Å². The zero-order valence-corrected chi connectivity index (χ0v) is 14.4. The predicted octanol–water partition coefficient (Wildman–Crippen LogP) is 3.92. The molecule has 1 aromatic carbocycles. The van der Waals surface area contributed by atoms with Crippen LogP contribution in [0.3, 0.4) is 0 Å². The van der Waals surface area contributed by atoms with Crippen molar-refractivity contribution in [2.75, 3.05) is 5.32 Å². The summed E-state index contributed by atoms with van der Waals surface area (Å²) in [6, 6.07) is 11.0. The molecule has 0 bridgehead atoms. The maximum Gasteiger partial charge on any atom is 0.249 e. The van der Waals surface area contributed by atoms with E-state index in [0.717, 1.165) is 12.0 Å². The van der Waals surface area contributed by atoms with Gasteiger partial charge in [-0.25, -0.2) is 0 Å². The van der Waals surface area contributed by atoms with Gasteiger partial charge in [0, 0.05) is 12.1 Å². The monoisotopic (exact) mass is 373 g/mol. The summed E-state index contributed by atoms with van der Waals surface area (Å²) < 4.78 is 0. The summed E-state index contributed by atoms with van der Waals surface area (Å²) in [5, 5.41) is 10.5. The van der Waals surface area contributed by atoms with Gasteiger partial charge in [-0.05, 0) is 42.2 Å². The smallest absolute Gasteiger partial charge is 0.249 e. The van der Waals surface area contributed by atoms with Gasteiger partial charge in [-0.1, -0.05) is 35.3 Å². The molecule has 0 unspecified atom stereocenters. The summed E-state index contributed by atoms with van der Waals surface area (Å²) in [5.41, 5.74) is 1.68. The van der Waals surface area contributed by atoms with Crippen LogP contribution in [0.5, 0.6) is 0 Å². The molecule has 2 aromatic heterocycles. The van der Waals surface area contributed by atoms with Gasteiger partial charge in [-0.15, -0.1) is 5.10 Å². The van der Waals surface area contributed by atoms with E-state index >= 15 is 0 Å². The lowest BCUT2D eigenvalue weighted by Gasteiger charge is -2.03. The second-order valence-electron chi connectivity index (χ2n) is 5.83. The number of carbonyl (C=O) groups excluding carboxylic acids is 1. The van der Waals surface area contributed by atoms with Crippen molar-refractivity contribution in [1.82, 2.24) is 20.2 Å². The van der Waals surface area contributed by atoms with Gasteiger partial charge in [-0.3, -0.25) is 20.2 Å². The first kappa shape index (κ1) is 16.1. The molecule has 1 saturated carbocycles. The van der Waals surface area contributed by atoms with Crippen molar-refractivity contribution in [3.05, 3.63) is 58.2 Å². The first-order chi connectivity index (χ1) is 12.1. The van der Waals surface area contributed by atoms with Crippen LogP contribution in [0, 0.1) is 5.92 Å². The SMILES string of the molecule is O=C(Nc1n[nH]c(-c2ccccn2)n1)[C@H]1C[C@H]1c1ccc(Cl)c(Cl)c1. The zero-order valence-electron chi connectivity index (χ0n) is 12.9. The quantitative estimate of drug-likeness (QED) is 0.725. The lowest BCUT2D eigenvalue weighted by molar-refractivity contribution is -0.117. The average Bonchev–Trinajstić information content (AvgIpc) is 3.30. The summed E-state index contributed by atoms with van der Waals surface area (Å²) in [5.74, 6) is 0.666. The number of nitrogens with zero attached hydrogens (tertiary/aromatic N) is 3. The van der Waals surface area contributed by atoms with E-state index in [1.165, 1.54) is 0 Å². The molecule has 2 heterocycles. The van der Waals surface area contributed by atoms with Crippen molar-refractivity contribution in [2.24, 2.45) is 5.92 Å². The highest BCUT2D eigenvalue weighted by atomic mass is 35.5. The number of pyridine rings is 1. The van der Waals surface area contributed by atoms with Crippen molar-refractivity contribution >= 4 is 35.1 Å². The summed E-state index contributed by atoms with van der Waals surface area (Å²) in [6.45, 7) is 0. The lowest BCUT2D eigenvalue weighted by atomic mass is 10.1. The Morgan fingerprint density at radius 2 is 2.08 bits per heavy atom. The predicted molar refractivity (Wildman–Crippen MR) is 95.6 cm³/mol. The third kappa shape index (κ3) is 3.36.